The second kappa shape index (κ2) is 12.9. The number of anilines is 1. The highest BCUT2D eigenvalue weighted by atomic mass is 32.2. The topological polar surface area (TPSA) is 151 Å². The third-order valence-electron chi connectivity index (χ3n) is 6.81. The summed E-state index contributed by atoms with van der Waals surface area (Å²) >= 11 is 0. The number of hydrogen-bond donors (Lipinski definition) is 1. The quantitative estimate of drug-likeness (QED) is 0.272. The predicted octanol–water partition coefficient (Wildman–Crippen LogP) is 3.89. The molecule has 0 radical (unpaired) electrons. The van der Waals surface area contributed by atoms with E-state index in [1.54, 1.807) is 4.90 Å². The standard InChI is InChI=1S/C28H21F6N7O5S/c29-27(30,31)45-19-3-1-17(2-4-19)12-38-26(42)23-16-40(24-15-37-22-14-36-13-18(11-35)25(22)39-24)9-10-41(23)47(43,44)21-7-5-20(6-8-21)46-28(32,33)34/h1-8,13-15,23H,9-10,12,16H2,(H,38,42)/t23-/m1/s1. The average molecular weight is 682 g/mol. The van der Waals surface area contributed by atoms with E-state index in [1.807, 2.05) is 6.07 Å². The number of carbonyl (C=O) groups excluding carboxylic acids is 1. The van der Waals surface area contributed by atoms with Crippen molar-refractivity contribution in [2.75, 3.05) is 24.5 Å². The van der Waals surface area contributed by atoms with Crippen LogP contribution < -0.4 is 19.7 Å². The molecule has 0 bridgehead atoms. The summed E-state index contributed by atoms with van der Waals surface area (Å²) in [6, 6.07) is 8.66. The van der Waals surface area contributed by atoms with Crippen molar-refractivity contribution in [1.82, 2.24) is 24.6 Å². The monoisotopic (exact) mass is 681 g/mol. The van der Waals surface area contributed by atoms with E-state index in [2.05, 4.69) is 29.7 Å². The molecule has 4 aromatic rings. The molecule has 47 heavy (non-hydrogen) atoms. The number of ether oxygens (including phenoxy) is 2. The molecule has 0 unspecified atom stereocenters. The van der Waals surface area contributed by atoms with E-state index in [1.165, 1.54) is 30.7 Å². The molecule has 1 atom stereocenters. The molecule has 1 N–H and O–H groups in total. The van der Waals surface area contributed by atoms with Gasteiger partial charge in [0.2, 0.25) is 15.9 Å². The van der Waals surface area contributed by atoms with Crippen LogP contribution in [0.5, 0.6) is 11.5 Å². The van der Waals surface area contributed by atoms with Crippen molar-refractivity contribution in [2.45, 2.75) is 30.2 Å². The Morgan fingerprint density at radius 1 is 0.936 bits per heavy atom. The molecule has 246 valence electrons. The van der Waals surface area contributed by atoms with Gasteiger partial charge in [0.15, 0.2) is 0 Å². The highest BCUT2D eigenvalue weighted by Gasteiger charge is 2.41. The number of fused-ring (bicyclic) bond motifs is 1. The normalized spacial score (nSPS) is 16.0. The molecular formula is C28H21F6N7O5S. The first-order chi connectivity index (χ1) is 22.1. The molecule has 2 aromatic heterocycles. The Hall–Kier alpha value is -5.22. The highest BCUT2D eigenvalue weighted by Crippen LogP contribution is 2.29. The number of nitriles is 1. The minimum absolute atomic E-state index is 0.00605. The van der Waals surface area contributed by atoms with Crippen molar-refractivity contribution in [3.05, 3.63) is 78.2 Å². The molecule has 2 aromatic carbocycles. The number of sulfonamides is 1. The van der Waals surface area contributed by atoms with Gasteiger partial charge in [0.1, 0.15) is 40.5 Å². The van der Waals surface area contributed by atoms with E-state index in [-0.39, 0.29) is 43.1 Å². The summed E-state index contributed by atoms with van der Waals surface area (Å²) in [5.74, 6) is -1.69. The van der Waals surface area contributed by atoms with Crippen molar-refractivity contribution >= 4 is 32.8 Å². The van der Waals surface area contributed by atoms with Crippen molar-refractivity contribution in [3.8, 4) is 17.6 Å². The molecular weight excluding hydrogens is 660 g/mol. The van der Waals surface area contributed by atoms with Gasteiger partial charge in [0.25, 0.3) is 0 Å². The van der Waals surface area contributed by atoms with Crippen LogP contribution in [-0.2, 0) is 21.4 Å². The van der Waals surface area contributed by atoms with Gasteiger partial charge in [-0.25, -0.2) is 18.4 Å². The zero-order valence-corrected chi connectivity index (χ0v) is 24.5. The van der Waals surface area contributed by atoms with Gasteiger partial charge in [-0.3, -0.25) is 9.78 Å². The lowest BCUT2D eigenvalue weighted by atomic mass is 10.1. The lowest BCUT2D eigenvalue weighted by Crippen LogP contribution is -2.60. The number of aromatic nitrogens is 3. The van der Waals surface area contributed by atoms with E-state index < -0.39 is 51.1 Å². The zero-order valence-electron chi connectivity index (χ0n) is 23.7. The molecule has 3 heterocycles. The van der Waals surface area contributed by atoms with Gasteiger partial charge >= 0.3 is 12.7 Å². The highest BCUT2D eigenvalue weighted by molar-refractivity contribution is 7.89. The number of rotatable bonds is 8. The van der Waals surface area contributed by atoms with Gasteiger partial charge in [-0.2, -0.15) is 9.57 Å². The van der Waals surface area contributed by atoms with Gasteiger partial charge in [-0.1, -0.05) is 12.1 Å². The zero-order chi connectivity index (χ0) is 34.0. The molecule has 0 spiro atoms. The van der Waals surface area contributed by atoms with E-state index in [4.69, 9.17) is 0 Å². The van der Waals surface area contributed by atoms with Crippen LogP contribution in [0, 0.1) is 11.3 Å². The minimum Gasteiger partial charge on any atom is -0.406 e. The van der Waals surface area contributed by atoms with E-state index in [9.17, 15) is 44.8 Å². The fraction of sp³-hybridized carbons (Fsp3) is 0.250. The fourth-order valence-electron chi connectivity index (χ4n) is 4.70. The van der Waals surface area contributed by atoms with Gasteiger partial charge < -0.3 is 19.7 Å². The third kappa shape index (κ3) is 7.96. The number of carbonyl (C=O) groups is 1. The largest absolute Gasteiger partial charge is 0.573 e. The summed E-state index contributed by atoms with van der Waals surface area (Å²) < 4.78 is 111. The number of piperazine rings is 1. The lowest BCUT2D eigenvalue weighted by Gasteiger charge is -2.40. The number of pyridine rings is 1. The van der Waals surface area contributed by atoms with Crippen LogP contribution in [0.1, 0.15) is 11.1 Å². The molecule has 1 saturated heterocycles. The number of alkyl halides is 6. The number of hydrogen-bond acceptors (Lipinski definition) is 10. The number of benzene rings is 2. The molecule has 5 rings (SSSR count). The Morgan fingerprint density at radius 3 is 2.15 bits per heavy atom. The van der Waals surface area contributed by atoms with Crippen LogP contribution in [0.25, 0.3) is 11.0 Å². The van der Waals surface area contributed by atoms with Gasteiger partial charge in [0, 0.05) is 32.4 Å². The second-order valence-corrected chi connectivity index (χ2v) is 11.8. The summed E-state index contributed by atoms with van der Waals surface area (Å²) in [7, 11) is -4.47. The van der Waals surface area contributed by atoms with Gasteiger partial charge in [0.05, 0.1) is 22.9 Å². The SMILES string of the molecule is N#Cc1cncc2ncc(N3CCN(S(=O)(=O)c4ccc(OC(F)(F)F)cc4)[C@@H](C(=O)NCc4ccc(OC(F)(F)F)cc4)C3)nc12. The Balaban J connectivity index is 1.41. The third-order valence-corrected chi connectivity index (χ3v) is 8.73. The molecule has 1 aliphatic heterocycles. The molecule has 1 fully saturated rings. The average Bonchev–Trinajstić information content (AvgIpc) is 3.02. The molecule has 0 saturated carbocycles. The first kappa shape index (κ1) is 33.2. The smallest absolute Gasteiger partial charge is 0.406 e. The van der Waals surface area contributed by atoms with Crippen molar-refractivity contribution in [3.63, 3.8) is 0 Å². The summed E-state index contributed by atoms with van der Waals surface area (Å²) in [4.78, 5) is 27.4. The molecule has 12 nitrogen and oxygen atoms in total. The maximum absolute atomic E-state index is 13.7. The van der Waals surface area contributed by atoms with E-state index in [0.29, 0.717) is 11.1 Å². The molecule has 1 amide bonds. The van der Waals surface area contributed by atoms with Crippen LogP contribution >= 0.6 is 0 Å². The maximum atomic E-state index is 13.7. The minimum atomic E-state index is -5.00. The number of amides is 1. The number of nitrogens with zero attached hydrogens (tertiary/aromatic N) is 6. The molecule has 19 heteroatoms. The fourth-order valence-corrected chi connectivity index (χ4v) is 6.27. The maximum Gasteiger partial charge on any atom is 0.573 e. The summed E-state index contributed by atoms with van der Waals surface area (Å²) in [6.07, 6.45) is -5.82. The van der Waals surface area contributed by atoms with E-state index in [0.717, 1.165) is 40.7 Å². The second-order valence-electron chi connectivity index (χ2n) is 9.90. The molecule has 1 aliphatic rings. The molecule has 0 aliphatic carbocycles. The van der Waals surface area contributed by atoms with Gasteiger partial charge in [-0.15, -0.1) is 26.3 Å². The van der Waals surface area contributed by atoms with E-state index >= 15 is 0 Å². The van der Waals surface area contributed by atoms with Crippen LogP contribution in [0.2, 0.25) is 0 Å². The summed E-state index contributed by atoms with van der Waals surface area (Å²) in [5.41, 5.74) is 1.06. The Morgan fingerprint density at radius 2 is 1.55 bits per heavy atom. The van der Waals surface area contributed by atoms with Crippen molar-refractivity contribution < 1.29 is 49.0 Å². The predicted molar refractivity (Wildman–Crippen MR) is 150 cm³/mol. The Bertz CT molecular complexity index is 1920. The number of nitrogens with one attached hydrogen (secondary N) is 1. The first-order valence-electron chi connectivity index (χ1n) is 13.4. The van der Waals surface area contributed by atoms with Crippen LogP contribution in [-0.4, -0.2) is 72.0 Å². The Kier molecular flexibility index (Phi) is 9.09. The first-order valence-corrected chi connectivity index (χ1v) is 14.8. The van der Waals surface area contributed by atoms with Gasteiger partial charge in [-0.05, 0) is 42.0 Å². The number of halogens is 6. The van der Waals surface area contributed by atoms with Crippen molar-refractivity contribution in [1.29, 1.82) is 5.26 Å². The lowest BCUT2D eigenvalue weighted by molar-refractivity contribution is -0.275. The summed E-state index contributed by atoms with van der Waals surface area (Å²) in [6.45, 7) is -0.725. The van der Waals surface area contributed by atoms with Crippen LogP contribution in [0.3, 0.4) is 0 Å². The van der Waals surface area contributed by atoms with Crippen LogP contribution in [0.4, 0.5) is 32.2 Å². The van der Waals surface area contributed by atoms with Crippen molar-refractivity contribution in [2.24, 2.45) is 0 Å². The van der Waals surface area contributed by atoms with Crippen LogP contribution in [0.15, 0.2) is 72.0 Å². The summed E-state index contributed by atoms with van der Waals surface area (Å²) in [5, 5.41) is 12.0. The Labute approximate surface area is 262 Å².